The lowest BCUT2D eigenvalue weighted by Crippen LogP contribution is -2.28. The first kappa shape index (κ1) is 15.5. The van der Waals surface area contributed by atoms with Gasteiger partial charge in [-0.2, -0.15) is 0 Å². The number of H-pyrrole nitrogens is 1. The third kappa shape index (κ3) is 3.83. The summed E-state index contributed by atoms with van der Waals surface area (Å²) in [7, 11) is -1.78. The minimum atomic E-state index is -3.34. The van der Waals surface area contributed by atoms with Crippen LogP contribution in [0, 0.1) is 0 Å². The number of benzene rings is 1. The molecular weight excluding hydrogens is 292 g/mol. The van der Waals surface area contributed by atoms with E-state index in [1.807, 2.05) is 0 Å². The standard InChI is InChI=1S/C14H18N2O4S/c1-3-6-21(18,19)15-9-11-7-10-8-12(20-2)4-5-13(10)16-14(11)17/h4-5,7-8,15H,3,6,9H2,1-2H3,(H,16,17). The third-order valence-corrected chi connectivity index (χ3v) is 4.61. The van der Waals surface area contributed by atoms with Crippen molar-refractivity contribution >= 4 is 20.9 Å². The molecule has 2 aromatic rings. The van der Waals surface area contributed by atoms with Crippen molar-refractivity contribution in [2.75, 3.05) is 12.9 Å². The van der Waals surface area contributed by atoms with Crippen LogP contribution < -0.4 is 15.0 Å². The van der Waals surface area contributed by atoms with Crippen LogP contribution in [0.15, 0.2) is 29.1 Å². The fraction of sp³-hybridized carbons (Fsp3) is 0.357. The van der Waals surface area contributed by atoms with Gasteiger partial charge in [0.2, 0.25) is 10.0 Å². The van der Waals surface area contributed by atoms with Gasteiger partial charge in [-0.15, -0.1) is 0 Å². The summed E-state index contributed by atoms with van der Waals surface area (Å²) in [6, 6.07) is 6.96. The maximum Gasteiger partial charge on any atom is 0.252 e. The molecule has 0 atom stereocenters. The number of pyridine rings is 1. The van der Waals surface area contributed by atoms with Crippen LogP contribution in [0.1, 0.15) is 18.9 Å². The van der Waals surface area contributed by atoms with E-state index < -0.39 is 10.0 Å². The number of aromatic nitrogens is 1. The zero-order valence-corrected chi connectivity index (χ0v) is 12.8. The Labute approximate surface area is 123 Å². The number of hydrogen-bond acceptors (Lipinski definition) is 4. The van der Waals surface area contributed by atoms with E-state index in [2.05, 4.69) is 9.71 Å². The van der Waals surface area contributed by atoms with E-state index in [0.717, 1.165) is 5.39 Å². The van der Waals surface area contributed by atoms with Crippen molar-refractivity contribution in [2.45, 2.75) is 19.9 Å². The average molecular weight is 310 g/mol. The van der Waals surface area contributed by atoms with Gasteiger partial charge in [0.05, 0.1) is 12.9 Å². The number of nitrogens with one attached hydrogen (secondary N) is 2. The number of fused-ring (bicyclic) bond motifs is 1. The molecule has 6 nitrogen and oxygen atoms in total. The molecule has 0 aliphatic carbocycles. The van der Waals surface area contributed by atoms with Crippen molar-refractivity contribution in [1.82, 2.24) is 9.71 Å². The quantitative estimate of drug-likeness (QED) is 0.843. The summed E-state index contributed by atoms with van der Waals surface area (Å²) in [5, 5.41) is 0.790. The van der Waals surface area contributed by atoms with Crippen LogP contribution in [0.2, 0.25) is 0 Å². The van der Waals surface area contributed by atoms with Crippen molar-refractivity contribution in [3.8, 4) is 5.75 Å². The molecular formula is C14H18N2O4S. The first-order valence-corrected chi connectivity index (χ1v) is 8.27. The van der Waals surface area contributed by atoms with E-state index in [1.165, 1.54) is 0 Å². The second-order valence-corrected chi connectivity index (χ2v) is 6.64. The van der Waals surface area contributed by atoms with E-state index in [1.54, 1.807) is 38.3 Å². The fourth-order valence-corrected chi connectivity index (χ4v) is 3.07. The number of sulfonamides is 1. The van der Waals surface area contributed by atoms with Gasteiger partial charge in [0.1, 0.15) is 5.75 Å². The molecule has 7 heteroatoms. The zero-order valence-electron chi connectivity index (χ0n) is 12.0. The Balaban J connectivity index is 2.31. The van der Waals surface area contributed by atoms with Crippen LogP contribution in [-0.2, 0) is 16.6 Å². The highest BCUT2D eigenvalue weighted by atomic mass is 32.2. The number of hydrogen-bond donors (Lipinski definition) is 2. The predicted octanol–water partition coefficient (Wildman–Crippen LogP) is 1.37. The molecule has 21 heavy (non-hydrogen) atoms. The molecule has 0 fully saturated rings. The fourth-order valence-electron chi connectivity index (χ4n) is 2.02. The summed E-state index contributed by atoms with van der Waals surface area (Å²) < 4.78 is 30.8. The van der Waals surface area contributed by atoms with Crippen LogP contribution >= 0.6 is 0 Å². The van der Waals surface area contributed by atoms with E-state index in [9.17, 15) is 13.2 Å². The number of ether oxygens (including phenoxy) is 1. The summed E-state index contributed by atoms with van der Waals surface area (Å²) in [6.45, 7) is 1.76. The van der Waals surface area contributed by atoms with Crippen LogP contribution in [0.25, 0.3) is 10.9 Å². The molecule has 0 radical (unpaired) electrons. The third-order valence-electron chi connectivity index (χ3n) is 3.08. The van der Waals surface area contributed by atoms with Crippen LogP contribution in [0.5, 0.6) is 5.75 Å². The normalized spacial score (nSPS) is 11.7. The van der Waals surface area contributed by atoms with Crippen LogP contribution in [0.3, 0.4) is 0 Å². The SMILES string of the molecule is CCCS(=O)(=O)NCc1cc2cc(OC)ccc2[nH]c1=O. The molecule has 1 heterocycles. The van der Waals surface area contributed by atoms with Gasteiger partial charge in [-0.25, -0.2) is 13.1 Å². The number of methoxy groups -OCH3 is 1. The number of rotatable bonds is 6. The van der Waals surface area contributed by atoms with E-state index >= 15 is 0 Å². The van der Waals surface area contributed by atoms with Crippen molar-refractivity contribution in [3.63, 3.8) is 0 Å². The smallest absolute Gasteiger partial charge is 0.252 e. The summed E-state index contributed by atoms with van der Waals surface area (Å²) in [5.74, 6) is 0.721. The van der Waals surface area contributed by atoms with Crippen molar-refractivity contribution in [2.24, 2.45) is 0 Å². The zero-order chi connectivity index (χ0) is 15.5. The second kappa shape index (κ2) is 6.28. The Hall–Kier alpha value is -1.86. The van der Waals surface area contributed by atoms with E-state index in [4.69, 9.17) is 4.74 Å². The average Bonchev–Trinajstić information content (AvgIpc) is 2.44. The molecule has 0 spiro atoms. The molecule has 0 aliphatic rings. The Kier molecular flexibility index (Phi) is 4.64. The van der Waals surface area contributed by atoms with E-state index in [-0.39, 0.29) is 17.9 Å². The van der Waals surface area contributed by atoms with Crippen molar-refractivity contribution in [1.29, 1.82) is 0 Å². The van der Waals surface area contributed by atoms with Gasteiger partial charge in [0, 0.05) is 23.0 Å². The molecule has 0 saturated carbocycles. The van der Waals surface area contributed by atoms with Gasteiger partial charge in [-0.3, -0.25) is 4.79 Å². The van der Waals surface area contributed by atoms with Gasteiger partial charge < -0.3 is 9.72 Å². The molecule has 114 valence electrons. The van der Waals surface area contributed by atoms with Gasteiger partial charge >= 0.3 is 0 Å². The highest BCUT2D eigenvalue weighted by Crippen LogP contribution is 2.18. The molecule has 0 aliphatic heterocycles. The Bertz CT molecular complexity index is 796. The highest BCUT2D eigenvalue weighted by molar-refractivity contribution is 7.89. The van der Waals surface area contributed by atoms with Crippen molar-refractivity contribution < 1.29 is 13.2 Å². The minimum Gasteiger partial charge on any atom is -0.497 e. The second-order valence-electron chi connectivity index (χ2n) is 4.72. The summed E-state index contributed by atoms with van der Waals surface area (Å²) >= 11 is 0. The predicted molar refractivity (Wildman–Crippen MR) is 82.0 cm³/mol. The van der Waals surface area contributed by atoms with Crippen molar-refractivity contribution in [3.05, 3.63) is 40.2 Å². The van der Waals surface area contributed by atoms with Crippen LogP contribution in [-0.4, -0.2) is 26.3 Å². The number of aromatic amines is 1. The molecule has 0 saturated heterocycles. The lowest BCUT2D eigenvalue weighted by molar-refractivity contribution is 0.415. The molecule has 1 aromatic heterocycles. The molecule has 2 N–H and O–H groups in total. The first-order valence-electron chi connectivity index (χ1n) is 6.62. The topological polar surface area (TPSA) is 88.3 Å². The van der Waals surface area contributed by atoms with Gasteiger partial charge in [-0.05, 0) is 30.7 Å². The van der Waals surface area contributed by atoms with Gasteiger partial charge in [0.15, 0.2) is 0 Å². The van der Waals surface area contributed by atoms with Crippen LogP contribution in [0.4, 0.5) is 0 Å². The Morgan fingerprint density at radius 2 is 2.05 bits per heavy atom. The molecule has 1 aromatic carbocycles. The highest BCUT2D eigenvalue weighted by Gasteiger charge is 2.10. The molecule has 0 unspecified atom stereocenters. The Morgan fingerprint density at radius 3 is 2.71 bits per heavy atom. The lowest BCUT2D eigenvalue weighted by Gasteiger charge is -2.07. The maximum absolute atomic E-state index is 11.9. The molecule has 2 rings (SSSR count). The first-order chi connectivity index (χ1) is 9.95. The lowest BCUT2D eigenvalue weighted by atomic mass is 10.1. The van der Waals surface area contributed by atoms with E-state index in [0.29, 0.717) is 23.3 Å². The summed E-state index contributed by atoms with van der Waals surface area (Å²) in [5.41, 5.74) is 0.753. The van der Waals surface area contributed by atoms with Gasteiger partial charge in [-0.1, -0.05) is 6.92 Å². The maximum atomic E-state index is 11.9. The monoisotopic (exact) mass is 310 g/mol. The largest absolute Gasteiger partial charge is 0.497 e. The van der Waals surface area contributed by atoms with Gasteiger partial charge in [0.25, 0.3) is 5.56 Å². The summed E-state index contributed by atoms with van der Waals surface area (Å²) in [6.07, 6.45) is 0.528. The summed E-state index contributed by atoms with van der Waals surface area (Å²) in [4.78, 5) is 14.7. The minimum absolute atomic E-state index is 0.0230. The molecule has 0 bridgehead atoms. The Morgan fingerprint density at radius 1 is 1.29 bits per heavy atom. The molecule has 0 amide bonds.